The van der Waals surface area contributed by atoms with E-state index >= 15 is 0 Å². The van der Waals surface area contributed by atoms with Gasteiger partial charge in [0.1, 0.15) is 12.0 Å². The number of aromatic nitrogens is 3. The van der Waals surface area contributed by atoms with Crippen molar-refractivity contribution in [1.82, 2.24) is 15.0 Å². The van der Waals surface area contributed by atoms with Crippen molar-refractivity contribution in [3.8, 4) is 0 Å². The van der Waals surface area contributed by atoms with Crippen LogP contribution in [0.4, 0.5) is 5.13 Å². The minimum Gasteiger partial charge on any atom is -0.296 e. The maximum atomic E-state index is 12.4. The molecule has 0 atom stereocenters. The highest BCUT2D eigenvalue weighted by atomic mass is 32.1. The van der Waals surface area contributed by atoms with Crippen molar-refractivity contribution in [2.45, 2.75) is 44.4 Å². The van der Waals surface area contributed by atoms with Crippen molar-refractivity contribution in [3.63, 3.8) is 0 Å². The van der Waals surface area contributed by atoms with E-state index in [4.69, 9.17) is 0 Å². The van der Waals surface area contributed by atoms with E-state index < -0.39 is 0 Å². The van der Waals surface area contributed by atoms with Gasteiger partial charge >= 0.3 is 0 Å². The molecule has 1 amide bonds. The van der Waals surface area contributed by atoms with Gasteiger partial charge in [0, 0.05) is 22.6 Å². The molecule has 0 aromatic carbocycles. The first-order valence-corrected chi connectivity index (χ1v) is 8.29. The van der Waals surface area contributed by atoms with Gasteiger partial charge in [0.2, 0.25) is 0 Å². The Hall–Kier alpha value is -1.82. The number of nitrogens with one attached hydrogen (secondary N) is 1. The van der Waals surface area contributed by atoms with E-state index in [2.05, 4.69) is 20.3 Å². The number of amides is 1. The van der Waals surface area contributed by atoms with Gasteiger partial charge in [-0.15, -0.1) is 11.3 Å². The standard InChI is InChI=1S/C15H16N4OS/c20-14(19-15-18-12(7-21-15)9-5-6-9)13-10-3-1-2-4-11(10)16-8-17-13/h7-9H,1-6H2,(H,18,19,20). The molecule has 1 N–H and O–H groups in total. The normalized spacial score (nSPS) is 17.3. The highest BCUT2D eigenvalue weighted by Crippen LogP contribution is 2.40. The molecule has 4 rings (SSSR count). The van der Waals surface area contributed by atoms with Crippen LogP contribution in [-0.2, 0) is 12.8 Å². The van der Waals surface area contributed by atoms with E-state index in [-0.39, 0.29) is 5.91 Å². The molecule has 108 valence electrons. The first kappa shape index (κ1) is 12.9. The molecule has 2 heterocycles. The van der Waals surface area contributed by atoms with E-state index in [1.54, 1.807) is 0 Å². The number of carbonyl (C=O) groups is 1. The van der Waals surface area contributed by atoms with Crippen LogP contribution >= 0.6 is 11.3 Å². The zero-order valence-electron chi connectivity index (χ0n) is 11.6. The van der Waals surface area contributed by atoms with E-state index in [1.807, 2.05) is 5.38 Å². The summed E-state index contributed by atoms with van der Waals surface area (Å²) in [5.41, 5.74) is 3.67. The lowest BCUT2D eigenvalue weighted by atomic mass is 9.94. The molecule has 6 heteroatoms. The molecule has 0 radical (unpaired) electrons. The number of carbonyl (C=O) groups excluding carboxylic acids is 1. The fourth-order valence-corrected chi connectivity index (χ4v) is 3.57. The highest BCUT2D eigenvalue weighted by Gasteiger charge is 2.27. The Labute approximate surface area is 126 Å². The summed E-state index contributed by atoms with van der Waals surface area (Å²) in [4.78, 5) is 25.4. The number of anilines is 1. The molecule has 1 fully saturated rings. The summed E-state index contributed by atoms with van der Waals surface area (Å²) in [6, 6.07) is 0. The van der Waals surface area contributed by atoms with Gasteiger partial charge < -0.3 is 0 Å². The summed E-state index contributed by atoms with van der Waals surface area (Å²) in [7, 11) is 0. The third kappa shape index (κ3) is 2.55. The minimum absolute atomic E-state index is 0.160. The van der Waals surface area contributed by atoms with Gasteiger partial charge in [-0.25, -0.2) is 15.0 Å². The number of rotatable bonds is 3. The predicted molar refractivity (Wildman–Crippen MR) is 80.7 cm³/mol. The van der Waals surface area contributed by atoms with Crippen molar-refractivity contribution >= 4 is 22.4 Å². The number of nitrogens with zero attached hydrogens (tertiary/aromatic N) is 3. The topological polar surface area (TPSA) is 67.8 Å². The molecule has 0 bridgehead atoms. The molecular weight excluding hydrogens is 284 g/mol. The summed E-state index contributed by atoms with van der Waals surface area (Å²) in [6.45, 7) is 0. The van der Waals surface area contributed by atoms with Crippen LogP contribution in [0.5, 0.6) is 0 Å². The van der Waals surface area contributed by atoms with Crippen molar-refractivity contribution in [1.29, 1.82) is 0 Å². The van der Waals surface area contributed by atoms with Crippen LogP contribution < -0.4 is 5.32 Å². The largest absolute Gasteiger partial charge is 0.296 e. The summed E-state index contributed by atoms with van der Waals surface area (Å²) in [5, 5.41) is 5.61. The van der Waals surface area contributed by atoms with Crippen LogP contribution in [-0.4, -0.2) is 20.9 Å². The summed E-state index contributed by atoms with van der Waals surface area (Å²) >= 11 is 1.49. The van der Waals surface area contributed by atoms with E-state index in [0.717, 1.165) is 42.6 Å². The molecular formula is C15H16N4OS. The van der Waals surface area contributed by atoms with Crippen molar-refractivity contribution in [3.05, 3.63) is 34.4 Å². The fourth-order valence-electron chi connectivity index (χ4n) is 2.78. The fraction of sp³-hybridized carbons (Fsp3) is 0.467. The third-order valence-corrected chi connectivity index (χ3v) is 4.85. The van der Waals surface area contributed by atoms with Gasteiger partial charge in [0.25, 0.3) is 5.91 Å². The third-order valence-electron chi connectivity index (χ3n) is 4.08. The van der Waals surface area contributed by atoms with Crippen LogP contribution in [0.3, 0.4) is 0 Å². The zero-order chi connectivity index (χ0) is 14.2. The molecule has 1 saturated carbocycles. The molecule has 2 aliphatic rings. The first-order valence-electron chi connectivity index (χ1n) is 7.41. The Morgan fingerprint density at radius 1 is 1.24 bits per heavy atom. The zero-order valence-corrected chi connectivity index (χ0v) is 12.4. The second-order valence-corrected chi connectivity index (χ2v) is 6.52. The predicted octanol–water partition coefficient (Wildman–Crippen LogP) is 2.94. The summed E-state index contributed by atoms with van der Waals surface area (Å²) in [5.74, 6) is 0.450. The van der Waals surface area contributed by atoms with Gasteiger partial charge in [0.15, 0.2) is 5.13 Å². The molecule has 2 aromatic heterocycles. The molecule has 0 aliphatic heterocycles. The average molecular weight is 300 g/mol. The molecule has 0 unspecified atom stereocenters. The van der Waals surface area contributed by atoms with Gasteiger partial charge in [-0.3, -0.25) is 10.1 Å². The van der Waals surface area contributed by atoms with Crippen LogP contribution in [0.15, 0.2) is 11.7 Å². The Morgan fingerprint density at radius 2 is 2.10 bits per heavy atom. The smallest absolute Gasteiger partial charge is 0.276 e. The monoisotopic (exact) mass is 300 g/mol. The van der Waals surface area contributed by atoms with E-state index in [1.165, 1.54) is 30.5 Å². The van der Waals surface area contributed by atoms with Crippen molar-refractivity contribution < 1.29 is 4.79 Å². The van der Waals surface area contributed by atoms with Crippen LogP contribution in [0.25, 0.3) is 0 Å². The Kier molecular flexibility index (Phi) is 3.18. The minimum atomic E-state index is -0.160. The van der Waals surface area contributed by atoms with Gasteiger partial charge in [-0.05, 0) is 38.5 Å². The van der Waals surface area contributed by atoms with Gasteiger partial charge in [-0.2, -0.15) is 0 Å². The second-order valence-electron chi connectivity index (χ2n) is 5.66. The van der Waals surface area contributed by atoms with Crippen LogP contribution in [0, 0.1) is 0 Å². The average Bonchev–Trinajstić information content (AvgIpc) is 3.27. The molecule has 0 spiro atoms. The molecule has 2 aliphatic carbocycles. The first-order chi connectivity index (χ1) is 10.3. The summed E-state index contributed by atoms with van der Waals surface area (Å²) < 4.78 is 0. The highest BCUT2D eigenvalue weighted by molar-refractivity contribution is 7.14. The van der Waals surface area contributed by atoms with Crippen molar-refractivity contribution in [2.24, 2.45) is 0 Å². The van der Waals surface area contributed by atoms with E-state index in [9.17, 15) is 4.79 Å². The molecule has 2 aromatic rings. The number of thiazole rings is 1. The Morgan fingerprint density at radius 3 is 2.95 bits per heavy atom. The number of fused-ring (bicyclic) bond motifs is 1. The van der Waals surface area contributed by atoms with Crippen molar-refractivity contribution in [2.75, 3.05) is 5.32 Å². The van der Waals surface area contributed by atoms with Crippen LogP contribution in [0.1, 0.15) is 59.0 Å². The maximum absolute atomic E-state index is 12.4. The number of hydrogen-bond acceptors (Lipinski definition) is 5. The Bertz CT molecular complexity index is 693. The lowest BCUT2D eigenvalue weighted by molar-refractivity contribution is 0.102. The molecule has 0 saturated heterocycles. The van der Waals surface area contributed by atoms with Gasteiger partial charge in [0.05, 0.1) is 5.69 Å². The SMILES string of the molecule is O=C(Nc1nc(C2CC2)cs1)c1ncnc2c1CCCC2. The molecule has 5 nitrogen and oxygen atoms in total. The molecule has 21 heavy (non-hydrogen) atoms. The maximum Gasteiger partial charge on any atom is 0.276 e. The number of hydrogen-bond donors (Lipinski definition) is 1. The lowest BCUT2D eigenvalue weighted by Gasteiger charge is -2.16. The van der Waals surface area contributed by atoms with Gasteiger partial charge in [-0.1, -0.05) is 0 Å². The number of aryl methyl sites for hydroxylation is 1. The summed E-state index contributed by atoms with van der Waals surface area (Å²) in [6.07, 6.45) is 8.01. The van der Waals surface area contributed by atoms with Crippen LogP contribution in [0.2, 0.25) is 0 Å². The Balaban J connectivity index is 1.56. The van der Waals surface area contributed by atoms with E-state index in [0.29, 0.717) is 16.7 Å². The second kappa shape index (κ2) is 5.18. The lowest BCUT2D eigenvalue weighted by Crippen LogP contribution is -2.20. The quantitative estimate of drug-likeness (QED) is 0.946.